The molecule has 0 saturated carbocycles. The fourth-order valence-corrected chi connectivity index (χ4v) is 3.00. The molecule has 1 aromatic carbocycles. The summed E-state index contributed by atoms with van der Waals surface area (Å²) >= 11 is 1.66. The molecule has 2 unspecified atom stereocenters. The highest BCUT2D eigenvalue weighted by atomic mass is 32.2. The van der Waals surface area contributed by atoms with E-state index in [1.807, 2.05) is 24.3 Å². The first-order valence-corrected chi connectivity index (χ1v) is 5.77. The molecule has 0 fully saturated rings. The third kappa shape index (κ3) is 2.00. The van der Waals surface area contributed by atoms with Gasteiger partial charge in [0.05, 0.1) is 0 Å². The Hall–Kier alpha value is -1.03. The molecule has 0 saturated heterocycles. The molecule has 2 nitrogen and oxygen atoms in total. The van der Waals surface area contributed by atoms with Crippen molar-refractivity contribution in [2.75, 3.05) is 5.75 Å². The Bertz CT molecular complexity index is 381. The average molecular weight is 226 g/mol. The minimum Gasteiger partial charge on any atom is -0.479 e. The molecule has 4 heteroatoms. The van der Waals surface area contributed by atoms with Gasteiger partial charge in [0.15, 0.2) is 0 Å². The molecule has 2 rings (SSSR count). The van der Waals surface area contributed by atoms with Crippen LogP contribution in [0.15, 0.2) is 29.2 Å². The van der Waals surface area contributed by atoms with Crippen molar-refractivity contribution in [1.82, 2.24) is 0 Å². The molecule has 1 N–H and O–H groups in total. The zero-order valence-corrected chi connectivity index (χ0v) is 8.84. The predicted molar refractivity (Wildman–Crippen MR) is 57.1 cm³/mol. The van der Waals surface area contributed by atoms with Gasteiger partial charge in [0.25, 0.3) is 0 Å². The molecule has 1 aliphatic heterocycles. The maximum Gasteiger partial charge on any atom is 0.338 e. The van der Waals surface area contributed by atoms with Gasteiger partial charge in [-0.25, -0.2) is 9.18 Å². The van der Waals surface area contributed by atoms with Crippen LogP contribution in [0.2, 0.25) is 0 Å². The van der Waals surface area contributed by atoms with E-state index in [0.29, 0.717) is 6.42 Å². The van der Waals surface area contributed by atoms with Crippen molar-refractivity contribution < 1.29 is 14.3 Å². The van der Waals surface area contributed by atoms with Crippen LogP contribution >= 0.6 is 11.8 Å². The number of benzene rings is 1. The van der Waals surface area contributed by atoms with E-state index < -0.39 is 18.1 Å². The van der Waals surface area contributed by atoms with Crippen molar-refractivity contribution in [1.29, 1.82) is 0 Å². The van der Waals surface area contributed by atoms with Crippen molar-refractivity contribution >= 4 is 17.7 Å². The van der Waals surface area contributed by atoms with Crippen LogP contribution in [0.1, 0.15) is 17.9 Å². The fraction of sp³-hybridized carbons (Fsp3) is 0.364. The Morgan fingerprint density at radius 3 is 3.00 bits per heavy atom. The van der Waals surface area contributed by atoms with Gasteiger partial charge in [-0.1, -0.05) is 18.2 Å². The first kappa shape index (κ1) is 10.5. The molecule has 0 bridgehead atoms. The van der Waals surface area contributed by atoms with Gasteiger partial charge in [-0.15, -0.1) is 11.8 Å². The fourth-order valence-electron chi connectivity index (χ4n) is 1.85. The van der Waals surface area contributed by atoms with E-state index in [1.54, 1.807) is 11.8 Å². The lowest BCUT2D eigenvalue weighted by molar-refractivity contribution is -0.143. The average Bonchev–Trinajstić information content (AvgIpc) is 2.27. The van der Waals surface area contributed by atoms with Crippen LogP contribution in [-0.4, -0.2) is 23.0 Å². The van der Waals surface area contributed by atoms with Crippen LogP contribution in [0.3, 0.4) is 0 Å². The summed E-state index contributed by atoms with van der Waals surface area (Å²) in [5.74, 6) is -1.06. The second kappa shape index (κ2) is 4.23. The Morgan fingerprint density at radius 2 is 2.27 bits per heavy atom. The zero-order valence-electron chi connectivity index (χ0n) is 8.02. The van der Waals surface area contributed by atoms with E-state index in [-0.39, 0.29) is 0 Å². The maximum atomic E-state index is 13.5. The maximum absolute atomic E-state index is 13.5. The van der Waals surface area contributed by atoms with E-state index in [0.717, 1.165) is 16.2 Å². The number of fused-ring (bicyclic) bond motifs is 1. The molecular formula is C11H11FO2S. The molecular weight excluding hydrogens is 215 g/mol. The highest BCUT2D eigenvalue weighted by Gasteiger charge is 2.32. The normalized spacial score (nSPS) is 21.8. The smallest absolute Gasteiger partial charge is 0.338 e. The number of halogens is 1. The SMILES string of the molecule is O=C(O)C(F)C1CCSc2ccccc21. The van der Waals surface area contributed by atoms with E-state index in [9.17, 15) is 9.18 Å². The molecule has 1 aromatic rings. The Morgan fingerprint density at radius 1 is 1.53 bits per heavy atom. The summed E-state index contributed by atoms with van der Waals surface area (Å²) in [4.78, 5) is 11.6. The summed E-state index contributed by atoms with van der Waals surface area (Å²) in [6.45, 7) is 0. The summed E-state index contributed by atoms with van der Waals surface area (Å²) in [6.07, 6.45) is -1.19. The lowest BCUT2D eigenvalue weighted by atomic mass is 9.91. The molecule has 0 radical (unpaired) electrons. The predicted octanol–water partition coefficient (Wildman–Crippen LogP) is 2.69. The van der Waals surface area contributed by atoms with Crippen LogP contribution in [0, 0.1) is 0 Å². The first-order valence-electron chi connectivity index (χ1n) is 4.79. The van der Waals surface area contributed by atoms with E-state index in [2.05, 4.69) is 0 Å². The molecule has 0 spiro atoms. The number of carbonyl (C=O) groups is 1. The molecule has 0 aromatic heterocycles. The minimum absolute atomic E-state index is 0.486. The quantitative estimate of drug-likeness (QED) is 0.842. The molecule has 0 amide bonds. The number of carboxylic acid groups (broad SMARTS) is 1. The summed E-state index contributed by atoms with van der Waals surface area (Å²) in [7, 11) is 0. The minimum atomic E-state index is -1.79. The van der Waals surface area contributed by atoms with Crippen LogP contribution in [0.4, 0.5) is 4.39 Å². The zero-order chi connectivity index (χ0) is 10.8. The molecule has 0 aliphatic carbocycles. The van der Waals surface area contributed by atoms with Crippen LogP contribution in [0.25, 0.3) is 0 Å². The number of carboxylic acids is 1. The first-order chi connectivity index (χ1) is 7.20. The van der Waals surface area contributed by atoms with Gasteiger partial charge >= 0.3 is 5.97 Å². The molecule has 15 heavy (non-hydrogen) atoms. The van der Waals surface area contributed by atoms with Crippen LogP contribution in [0.5, 0.6) is 0 Å². The third-order valence-electron chi connectivity index (χ3n) is 2.59. The van der Waals surface area contributed by atoms with E-state index in [4.69, 9.17) is 5.11 Å². The number of hydrogen-bond donors (Lipinski definition) is 1. The van der Waals surface area contributed by atoms with Gasteiger partial charge in [0.2, 0.25) is 6.17 Å². The lowest BCUT2D eigenvalue weighted by Crippen LogP contribution is -2.26. The van der Waals surface area contributed by atoms with Gasteiger partial charge in [-0.05, 0) is 23.8 Å². The monoisotopic (exact) mass is 226 g/mol. The molecule has 80 valence electrons. The summed E-state index contributed by atoms with van der Waals surface area (Å²) in [5.41, 5.74) is 0.837. The van der Waals surface area contributed by atoms with Crippen LogP contribution in [-0.2, 0) is 4.79 Å². The number of thioether (sulfide) groups is 1. The van der Waals surface area contributed by atoms with Crippen molar-refractivity contribution in [3.05, 3.63) is 29.8 Å². The Labute approximate surface area is 91.5 Å². The summed E-state index contributed by atoms with van der Waals surface area (Å²) < 4.78 is 13.5. The van der Waals surface area contributed by atoms with Gasteiger partial charge in [-0.3, -0.25) is 0 Å². The Kier molecular flexibility index (Phi) is 2.95. The second-order valence-electron chi connectivity index (χ2n) is 3.52. The van der Waals surface area contributed by atoms with Crippen molar-refractivity contribution in [3.63, 3.8) is 0 Å². The topological polar surface area (TPSA) is 37.3 Å². The van der Waals surface area contributed by atoms with Gasteiger partial charge in [-0.2, -0.15) is 0 Å². The summed E-state index contributed by atoms with van der Waals surface area (Å²) in [5, 5.41) is 8.68. The molecule has 1 heterocycles. The van der Waals surface area contributed by atoms with Gasteiger partial charge < -0.3 is 5.11 Å². The van der Waals surface area contributed by atoms with Crippen molar-refractivity contribution in [2.24, 2.45) is 0 Å². The lowest BCUT2D eigenvalue weighted by Gasteiger charge is -2.25. The number of alkyl halides is 1. The third-order valence-corrected chi connectivity index (χ3v) is 3.72. The van der Waals surface area contributed by atoms with E-state index in [1.165, 1.54) is 0 Å². The van der Waals surface area contributed by atoms with Crippen molar-refractivity contribution in [3.8, 4) is 0 Å². The Balaban J connectivity index is 2.33. The van der Waals surface area contributed by atoms with Crippen molar-refractivity contribution in [2.45, 2.75) is 23.4 Å². The van der Waals surface area contributed by atoms with Crippen LogP contribution < -0.4 is 0 Å². The number of aliphatic carboxylic acids is 1. The summed E-state index contributed by atoms with van der Waals surface area (Å²) in [6, 6.07) is 7.46. The van der Waals surface area contributed by atoms with Gasteiger partial charge in [0.1, 0.15) is 0 Å². The molecule has 1 aliphatic rings. The van der Waals surface area contributed by atoms with Gasteiger partial charge in [0, 0.05) is 10.8 Å². The largest absolute Gasteiger partial charge is 0.479 e. The highest BCUT2D eigenvalue weighted by molar-refractivity contribution is 7.99. The standard InChI is InChI=1S/C11H11FO2S/c12-10(11(13)14)8-5-6-15-9-4-2-1-3-7(8)9/h1-4,8,10H,5-6H2,(H,13,14). The van der Waals surface area contributed by atoms with E-state index >= 15 is 0 Å². The highest BCUT2D eigenvalue weighted by Crippen LogP contribution is 2.39. The molecule has 2 atom stereocenters. The second-order valence-corrected chi connectivity index (χ2v) is 4.66. The number of rotatable bonds is 2. The number of hydrogen-bond acceptors (Lipinski definition) is 2.